The van der Waals surface area contributed by atoms with Gasteiger partial charge in [0, 0.05) is 20.8 Å². The van der Waals surface area contributed by atoms with E-state index >= 15 is 0 Å². The molecule has 0 bridgehead atoms. The Balaban J connectivity index is 2.19. The number of hydrogen-bond acceptors (Lipinski definition) is 3. The predicted octanol–water partition coefficient (Wildman–Crippen LogP) is 2.22. The molecule has 1 aliphatic rings. The van der Waals surface area contributed by atoms with Gasteiger partial charge in [-0.05, 0) is 40.8 Å². The fourth-order valence-corrected chi connectivity index (χ4v) is 2.52. The molecule has 1 aliphatic heterocycles. The standard InChI is InChI=1S/C11H10BrIN2O2/c1-15-10(16)5-9(11(15)17)14-8-4-6(12)2-3-7(8)13/h2-4,9,14H,5H2,1H3. The number of carbonyl (C=O) groups excluding carboxylic acids is 2. The van der Waals surface area contributed by atoms with Gasteiger partial charge in [0.1, 0.15) is 6.04 Å². The normalized spacial score (nSPS) is 19.9. The van der Waals surface area contributed by atoms with E-state index in [1.807, 2.05) is 18.2 Å². The molecule has 2 rings (SSSR count). The molecule has 4 nitrogen and oxygen atoms in total. The lowest BCUT2D eigenvalue weighted by molar-refractivity contribution is -0.136. The van der Waals surface area contributed by atoms with Gasteiger partial charge in [-0.3, -0.25) is 14.5 Å². The Hall–Kier alpha value is -0.630. The Kier molecular flexibility index (Phi) is 3.72. The number of likely N-dealkylation sites (N-methyl/N-ethyl adjacent to an activating group) is 1. The third kappa shape index (κ3) is 2.62. The highest BCUT2D eigenvalue weighted by Gasteiger charge is 2.36. The van der Waals surface area contributed by atoms with Crippen molar-refractivity contribution in [2.75, 3.05) is 12.4 Å². The molecule has 1 N–H and O–H groups in total. The van der Waals surface area contributed by atoms with Gasteiger partial charge in [0.15, 0.2) is 0 Å². The number of anilines is 1. The number of rotatable bonds is 2. The van der Waals surface area contributed by atoms with Crippen molar-refractivity contribution in [3.8, 4) is 0 Å². The van der Waals surface area contributed by atoms with Crippen LogP contribution in [-0.2, 0) is 9.59 Å². The molecule has 1 fully saturated rings. The highest BCUT2D eigenvalue weighted by atomic mass is 127. The van der Waals surface area contributed by atoms with Crippen LogP contribution in [-0.4, -0.2) is 29.8 Å². The lowest BCUT2D eigenvalue weighted by atomic mass is 10.2. The van der Waals surface area contributed by atoms with Crippen LogP contribution in [0.3, 0.4) is 0 Å². The Bertz CT molecular complexity index is 492. The Labute approximate surface area is 121 Å². The molecule has 1 atom stereocenters. The average Bonchev–Trinajstić information content (AvgIpc) is 2.52. The van der Waals surface area contributed by atoms with E-state index in [0.29, 0.717) is 0 Å². The van der Waals surface area contributed by atoms with Crippen LogP contribution in [0.25, 0.3) is 0 Å². The minimum Gasteiger partial charge on any atom is -0.372 e. The van der Waals surface area contributed by atoms with E-state index in [2.05, 4.69) is 43.8 Å². The molecule has 6 heteroatoms. The molecule has 17 heavy (non-hydrogen) atoms. The molecule has 1 heterocycles. The predicted molar refractivity (Wildman–Crippen MR) is 76.7 cm³/mol. The summed E-state index contributed by atoms with van der Waals surface area (Å²) in [7, 11) is 1.51. The summed E-state index contributed by atoms with van der Waals surface area (Å²) in [5, 5.41) is 3.11. The fraction of sp³-hybridized carbons (Fsp3) is 0.273. The Morgan fingerprint density at radius 3 is 2.76 bits per heavy atom. The number of imide groups is 1. The van der Waals surface area contributed by atoms with Crippen molar-refractivity contribution in [1.29, 1.82) is 0 Å². The maximum atomic E-state index is 11.7. The Morgan fingerprint density at radius 2 is 2.18 bits per heavy atom. The van der Waals surface area contributed by atoms with Gasteiger partial charge >= 0.3 is 0 Å². The first kappa shape index (κ1) is 12.8. The zero-order valence-corrected chi connectivity index (χ0v) is 12.8. The monoisotopic (exact) mass is 408 g/mol. The molecule has 0 aromatic heterocycles. The summed E-state index contributed by atoms with van der Waals surface area (Å²) in [6, 6.07) is 5.33. The van der Waals surface area contributed by atoms with Crippen LogP contribution < -0.4 is 5.32 Å². The summed E-state index contributed by atoms with van der Waals surface area (Å²) in [5.74, 6) is -0.316. The summed E-state index contributed by atoms with van der Waals surface area (Å²) in [6.07, 6.45) is 0.220. The molecule has 0 aliphatic carbocycles. The van der Waals surface area contributed by atoms with Crippen molar-refractivity contribution in [2.24, 2.45) is 0 Å². The summed E-state index contributed by atoms with van der Waals surface area (Å²) < 4.78 is 1.95. The number of carbonyl (C=O) groups is 2. The molecule has 1 unspecified atom stereocenters. The lowest BCUT2D eigenvalue weighted by Crippen LogP contribution is -2.31. The van der Waals surface area contributed by atoms with Crippen LogP contribution in [0.15, 0.2) is 22.7 Å². The van der Waals surface area contributed by atoms with E-state index in [1.54, 1.807) is 0 Å². The van der Waals surface area contributed by atoms with E-state index in [1.165, 1.54) is 11.9 Å². The minimum absolute atomic E-state index is 0.141. The molecular weight excluding hydrogens is 399 g/mol. The number of hydrogen-bond donors (Lipinski definition) is 1. The van der Waals surface area contributed by atoms with Crippen LogP contribution in [0.2, 0.25) is 0 Å². The summed E-state index contributed by atoms with van der Waals surface area (Å²) >= 11 is 5.57. The number of nitrogens with one attached hydrogen (secondary N) is 1. The van der Waals surface area contributed by atoms with E-state index in [0.717, 1.165) is 13.7 Å². The van der Waals surface area contributed by atoms with Crippen molar-refractivity contribution in [3.63, 3.8) is 0 Å². The van der Waals surface area contributed by atoms with Crippen molar-refractivity contribution in [2.45, 2.75) is 12.5 Å². The van der Waals surface area contributed by atoms with Crippen molar-refractivity contribution in [1.82, 2.24) is 4.90 Å². The molecule has 0 saturated carbocycles. The molecule has 2 amide bonds. The van der Waals surface area contributed by atoms with Gasteiger partial charge in [0.05, 0.1) is 6.42 Å². The highest BCUT2D eigenvalue weighted by molar-refractivity contribution is 14.1. The first-order valence-electron chi connectivity index (χ1n) is 5.01. The number of likely N-dealkylation sites (tertiary alicyclic amines) is 1. The van der Waals surface area contributed by atoms with Crippen LogP contribution in [0.5, 0.6) is 0 Å². The van der Waals surface area contributed by atoms with Gasteiger partial charge in [0.2, 0.25) is 5.91 Å². The van der Waals surface area contributed by atoms with Crippen molar-refractivity contribution in [3.05, 3.63) is 26.2 Å². The number of amides is 2. The van der Waals surface area contributed by atoms with Gasteiger partial charge in [-0.25, -0.2) is 0 Å². The van der Waals surface area contributed by atoms with Crippen molar-refractivity contribution < 1.29 is 9.59 Å². The number of benzene rings is 1. The maximum absolute atomic E-state index is 11.7. The summed E-state index contributed by atoms with van der Waals surface area (Å²) in [4.78, 5) is 24.3. The van der Waals surface area contributed by atoms with E-state index in [4.69, 9.17) is 0 Å². The zero-order chi connectivity index (χ0) is 12.6. The second-order valence-corrected chi connectivity index (χ2v) is 5.89. The summed E-state index contributed by atoms with van der Waals surface area (Å²) in [6.45, 7) is 0. The number of halogens is 2. The van der Waals surface area contributed by atoms with Crippen LogP contribution in [0.4, 0.5) is 5.69 Å². The molecular formula is C11H10BrIN2O2. The largest absolute Gasteiger partial charge is 0.372 e. The first-order chi connectivity index (χ1) is 7.99. The summed E-state index contributed by atoms with van der Waals surface area (Å²) in [5.41, 5.74) is 0.862. The third-order valence-corrected chi connectivity index (χ3v) is 4.07. The zero-order valence-electron chi connectivity index (χ0n) is 9.04. The van der Waals surface area contributed by atoms with Gasteiger partial charge in [-0.2, -0.15) is 0 Å². The van der Waals surface area contributed by atoms with Gasteiger partial charge in [-0.1, -0.05) is 15.9 Å². The van der Waals surface area contributed by atoms with Crippen molar-refractivity contribution >= 4 is 56.0 Å². The minimum atomic E-state index is -0.449. The molecule has 1 aromatic carbocycles. The molecule has 1 aromatic rings. The lowest BCUT2D eigenvalue weighted by Gasteiger charge is -2.14. The van der Waals surface area contributed by atoms with Crippen LogP contribution >= 0.6 is 38.5 Å². The van der Waals surface area contributed by atoms with Gasteiger partial charge in [-0.15, -0.1) is 0 Å². The number of nitrogens with zero attached hydrogens (tertiary/aromatic N) is 1. The smallest absolute Gasteiger partial charge is 0.251 e. The molecule has 0 spiro atoms. The fourth-order valence-electron chi connectivity index (χ4n) is 1.66. The molecule has 1 saturated heterocycles. The second-order valence-electron chi connectivity index (χ2n) is 3.82. The van der Waals surface area contributed by atoms with Crippen LogP contribution in [0.1, 0.15) is 6.42 Å². The Morgan fingerprint density at radius 1 is 1.47 bits per heavy atom. The highest BCUT2D eigenvalue weighted by Crippen LogP contribution is 2.25. The van der Waals surface area contributed by atoms with Gasteiger partial charge in [0.25, 0.3) is 5.91 Å². The van der Waals surface area contributed by atoms with E-state index < -0.39 is 6.04 Å². The first-order valence-corrected chi connectivity index (χ1v) is 6.88. The third-order valence-electron chi connectivity index (χ3n) is 2.64. The maximum Gasteiger partial charge on any atom is 0.251 e. The average molecular weight is 409 g/mol. The second kappa shape index (κ2) is 4.93. The topological polar surface area (TPSA) is 49.4 Å². The quantitative estimate of drug-likeness (QED) is 0.603. The van der Waals surface area contributed by atoms with Gasteiger partial charge < -0.3 is 5.32 Å². The molecule has 90 valence electrons. The van der Waals surface area contributed by atoms with Crippen LogP contribution in [0, 0.1) is 3.57 Å². The van der Waals surface area contributed by atoms with E-state index in [-0.39, 0.29) is 18.2 Å². The molecule has 0 radical (unpaired) electrons. The van der Waals surface area contributed by atoms with E-state index in [9.17, 15) is 9.59 Å². The SMILES string of the molecule is CN1C(=O)CC(Nc2cc(Br)ccc2I)C1=O.